The average Bonchev–Trinajstić information content (AvgIpc) is 2.63. The molecule has 4 heteroatoms. The third kappa shape index (κ3) is 5.52. The maximum atomic E-state index is 12.0. The molecular formula is C20H31N3O. The highest BCUT2D eigenvalue weighted by Gasteiger charge is 2.20. The van der Waals surface area contributed by atoms with E-state index in [0.717, 1.165) is 39.0 Å². The molecular weight excluding hydrogens is 298 g/mol. The van der Waals surface area contributed by atoms with Gasteiger partial charge in [-0.15, -0.1) is 0 Å². The van der Waals surface area contributed by atoms with Crippen LogP contribution in [0.25, 0.3) is 0 Å². The maximum absolute atomic E-state index is 12.0. The van der Waals surface area contributed by atoms with Gasteiger partial charge in [0, 0.05) is 19.1 Å². The molecule has 1 heterocycles. The number of urea groups is 1. The van der Waals surface area contributed by atoms with Crippen LogP contribution >= 0.6 is 0 Å². The number of benzene rings is 1. The summed E-state index contributed by atoms with van der Waals surface area (Å²) in [7, 11) is 0. The van der Waals surface area contributed by atoms with E-state index in [2.05, 4.69) is 45.9 Å². The van der Waals surface area contributed by atoms with Crippen LogP contribution in [0.15, 0.2) is 30.3 Å². The van der Waals surface area contributed by atoms with E-state index in [1.54, 1.807) is 0 Å². The Kier molecular flexibility index (Phi) is 6.53. The topological polar surface area (TPSA) is 44.4 Å². The van der Waals surface area contributed by atoms with Crippen LogP contribution in [-0.2, 0) is 6.54 Å². The largest absolute Gasteiger partial charge is 0.338 e. The second-order valence-corrected chi connectivity index (χ2v) is 7.39. The standard InChI is InChI=1S/C20H31N3O/c24-20(22-19-9-5-2-6-10-19)21-15-17-11-13-23(14-12-17)16-18-7-3-1-4-8-18/h1,3-4,7-8,17,19H,2,5-6,9-16H2,(H2,21,22,24). The van der Waals surface area contributed by atoms with Gasteiger partial charge in [-0.05, 0) is 50.3 Å². The first-order chi connectivity index (χ1) is 11.8. The number of hydrogen-bond donors (Lipinski definition) is 2. The molecule has 0 bridgehead atoms. The predicted molar refractivity (Wildman–Crippen MR) is 97.9 cm³/mol. The van der Waals surface area contributed by atoms with E-state index >= 15 is 0 Å². The van der Waals surface area contributed by atoms with E-state index in [0.29, 0.717) is 12.0 Å². The highest BCUT2D eigenvalue weighted by Crippen LogP contribution is 2.19. The number of carbonyl (C=O) groups excluding carboxylic acids is 1. The zero-order valence-electron chi connectivity index (χ0n) is 14.7. The van der Waals surface area contributed by atoms with Crippen molar-refractivity contribution in [1.29, 1.82) is 0 Å². The molecule has 1 aliphatic heterocycles. The molecule has 0 atom stereocenters. The van der Waals surface area contributed by atoms with Gasteiger partial charge in [-0.2, -0.15) is 0 Å². The number of carbonyl (C=O) groups is 1. The fourth-order valence-electron chi connectivity index (χ4n) is 3.91. The Morgan fingerprint density at radius 1 is 1.00 bits per heavy atom. The predicted octanol–water partition coefficient (Wildman–Crippen LogP) is 3.53. The Hall–Kier alpha value is -1.55. The number of nitrogens with zero attached hydrogens (tertiary/aromatic N) is 1. The summed E-state index contributed by atoms with van der Waals surface area (Å²) in [6, 6.07) is 11.1. The first kappa shape index (κ1) is 17.3. The molecule has 0 unspecified atom stereocenters. The first-order valence-corrected chi connectivity index (χ1v) is 9.60. The summed E-state index contributed by atoms with van der Waals surface area (Å²) in [5, 5.41) is 6.24. The molecule has 0 aromatic heterocycles. The van der Waals surface area contributed by atoms with Crippen molar-refractivity contribution in [3.63, 3.8) is 0 Å². The molecule has 3 rings (SSSR count). The van der Waals surface area contributed by atoms with Crippen molar-refractivity contribution in [1.82, 2.24) is 15.5 Å². The lowest BCUT2D eigenvalue weighted by Gasteiger charge is -2.32. The van der Waals surface area contributed by atoms with E-state index in [9.17, 15) is 4.79 Å². The van der Waals surface area contributed by atoms with Crippen molar-refractivity contribution in [2.24, 2.45) is 5.92 Å². The highest BCUT2D eigenvalue weighted by atomic mass is 16.2. The van der Waals surface area contributed by atoms with Gasteiger partial charge in [0.1, 0.15) is 0 Å². The number of likely N-dealkylation sites (tertiary alicyclic amines) is 1. The first-order valence-electron chi connectivity index (χ1n) is 9.60. The lowest BCUT2D eigenvalue weighted by molar-refractivity contribution is 0.174. The normalized spacial score (nSPS) is 20.7. The van der Waals surface area contributed by atoms with Crippen LogP contribution in [0, 0.1) is 5.92 Å². The number of rotatable bonds is 5. The van der Waals surface area contributed by atoms with Crippen LogP contribution in [0.5, 0.6) is 0 Å². The number of piperidine rings is 1. The summed E-state index contributed by atoms with van der Waals surface area (Å²) in [6.07, 6.45) is 8.47. The molecule has 2 N–H and O–H groups in total. The molecule has 2 amide bonds. The van der Waals surface area contributed by atoms with Crippen LogP contribution in [0.1, 0.15) is 50.5 Å². The van der Waals surface area contributed by atoms with Crippen LogP contribution in [0.4, 0.5) is 4.79 Å². The molecule has 1 saturated carbocycles. The molecule has 0 spiro atoms. The van der Waals surface area contributed by atoms with Crippen LogP contribution < -0.4 is 10.6 Å². The molecule has 2 fully saturated rings. The van der Waals surface area contributed by atoms with Crippen molar-refractivity contribution < 1.29 is 4.79 Å². The lowest BCUT2D eigenvalue weighted by atomic mass is 9.95. The molecule has 0 radical (unpaired) electrons. The van der Waals surface area contributed by atoms with Gasteiger partial charge in [-0.3, -0.25) is 4.90 Å². The smallest absolute Gasteiger partial charge is 0.315 e. The lowest BCUT2D eigenvalue weighted by Crippen LogP contribution is -2.45. The zero-order chi connectivity index (χ0) is 16.6. The molecule has 1 saturated heterocycles. The number of hydrogen-bond acceptors (Lipinski definition) is 2. The minimum absolute atomic E-state index is 0.0358. The van der Waals surface area contributed by atoms with Gasteiger partial charge in [0.25, 0.3) is 0 Å². The van der Waals surface area contributed by atoms with E-state index in [1.807, 2.05) is 0 Å². The number of nitrogens with one attached hydrogen (secondary N) is 2. The Bertz CT molecular complexity index is 491. The van der Waals surface area contributed by atoms with Crippen LogP contribution in [-0.4, -0.2) is 36.6 Å². The molecule has 132 valence electrons. The molecule has 1 aliphatic carbocycles. The van der Waals surface area contributed by atoms with E-state index < -0.39 is 0 Å². The quantitative estimate of drug-likeness (QED) is 0.868. The van der Waals surface area contributed by atoms with Crippen molar-refractivity contribution in [2.75, 3.05) is 19.6 Å². The van der Waals surface area contributed by atoms with Crippen molar-refractivity contribution in [3.05, 3.63) is 35.9 Å². The Balaban J connectivity index is 1.31. The highest BCUT2D eigenvalue weighted by molar-refractivity contribution is 5.74. The molecule has 2 aliphatic rings. The minimum Gasteiger partial charge on any atom is -0.338 e. The maximum Gasteiger partial charge on any atom is 0.315 e. The van der Waals surface area contributed by atoms with Gasteiger partial charge >= 0.3 is 6.03 Å². The monoisotopic (exact) mass is 329 g/mol. The van der Waals surface area contributed by atoms with Crippen LogP contribution in [0.2, 0.25) is 0 Å². The van der Waals surface area contributed by atoms with Gasteiger partial charge in [0.15, 0.2) is 0 Å². The van der Waals surface area contributed by atoms with Gasteiger partial charge in [-0.25, -0.2) is 4.79 Å². The average molecular weight is 329 g/mol. The summed E-state index contributed by atoms with van der Waals surface area (Å²) in [4.78, 5) is 14.5. The Labute approximate surface area is 146 Å². The summed E-state index contributed by atoms with van der Waals surface area (Å²) in [5.41, 5.74) is 1.39. The molecule has 1 aromatic rings. The van der Waals surface area contributed by atoms with Crippen LogP contribution in [0.3, 0.4) is 0 Å². The van der Waals surface area contributed by atoms with Gasteiger partial charge in [-0.1, -0.05) is 49.6 Å². The van der Waals surface area contributed by atoms with E-state index in [4.69, 9.17) is 0 Å². The molecule has 4 nitrogen and oxygen atoms in total. The second-order valence-electron chi connectivity index (χ2n) is 7.39. The fraction of sp³-hybridized carbons (Fsp3) is 0.650. The van der Waals surface area contributed by atoms with Crippen molar-refractivity contribution in [3.8, 4) is 0 Å². The Morgan fingerprint density at radius 3 is 2.42 bits per heavy atom. The van der Waals surface area contributed by atoms with Gasteiger partial charge in [0.2, 0.25) is 0 Å². The van der Waals surface area contributed by atoms with Crippen molar-refractivity contribution in [2.45, 2.75) is 57.5 Å². The minimum atomic E-state index is 0.0358. The number of amides is 2. The summed E-state index contributed by atoms with van der Waals surface area (Å²) < 4.78 is 0. The van der Waals surface area contributed by atoms with Gasteiger partial charge in [0.05, 0.1) is 0 Å². The summed E-state index contributed by atoms with van der Waals surface area (Å²) >= 11 is 0. The molecule has 24 heavy (non-hydrogen) atoms. The third-order valence-electron chi connectivity index (χ3n) is 5.45. The summed E-state index contributed by atoms with van der Waals surface area (Å²) in [5.74, 6) is 0.620. The fourth-order valence-corrected chi connectivity index (χ4v) is 3.91. The second kappa shape index (κ2) is 9.07. The molecule has 1 aromatic carbocycles. The summed E-state index contributed by atoms with van der Waals surface area (Å²) in [6.45, 7) is 4.12. The zero-order valence-corrected chi connectivity index (χ0v) is 14.7. The van der Waals surface area contributed by atoms with Crippen molar-refractivity contribution >= 4 is 6.03 Å². The Morgan fingerprint density at radius 2 is 1.71 bits per heavy atom. The van der Waals surface area contributed by atoms with E-state index in [-0.39, 0.29) is 6.03 Å². The van der Waals surface area contributed by atoms with Gasteiger partial charge < -0.3 is 10.6 Å². The SMILES string of the molecule is O=C(NCC1CCN(Cc2ccccc2)CC1)NC1CCCCC1. The third-order valence-corrected chi connectivity index (χ3v) is 5.45. The van der Waals surface area contributed by atoms with E-state index in [1.165, 1.54) is 37.7 Å².